The van der Waals surface area contributed by atoms with E-state index < -0.39 is 5.60 Å². The van der Waals surface area contributed by atoms with Crippen molar-refractivity contribution < 1.29 is 14.6 Å². The molecule has 2 rings (SSSR count). The lowest BCUT2D eigenvalue weighted by Crippen LogP contribution is -2.58. The number of ether oxygens (including phenoxy) is 1. The Morgan fingerprint density at radius 1 is 1.60 bits per heavy atom. The molecular formula is C11H19NO3. The van der Waals surface area contributed by atoms with E-state index in [0.29, 0.717) is 6.61 Å². The minimum Gasteiger partial charge on any atom is -0.449 e. The number of likely N-dealkylation sites (tertiary alicyclic amines) is 1. The maximum Gasteiger partial charge on any atom is 0.410 e. The predicted molar refractivity (Wildman–Crippen MR) is 55.6 cm³/mol. The van der Waals surface area contributed by atoms with Crippen LogP contribution in [0.1, 0.15) is 39.0 Å². The maximum atomic E-state index is 11.6. The van der Waals surface area contributed by atoms with E-state index in [0.717, 1.165) is 38.6 Å². The number of carbonyl (C=O) groups excluding carboxylic acids is 1. The second-order valence-electron chi connectivity index (χ2n) is 4.57. The van der Waals surface area contributed by atoms with Gasteiger partial charge in [-0.05, 0) is 25.7 Å². The van der Waals surface area contributed by atoms with Gasteiger partial charge >= 0.3 is 6.09 Å². The van der Waals surface area contributed by atoms with Gasteiger partial charge in [0.05, 0.1) is 18.2 Å². The van der Waals surface area contributed by atoms with E-state index in [1.165, 1.54) is 0 Å². The van der Waals surface area contributed by atoms with Gasteiger partial charge in [0.15, 0.2) is 0 Å². The van der Waals surface area contributed by atoms with Gasteiger partial charge in [0, 0.05) is 6.54 Å². The molecule has 0 unspecified atom stereocenters. The summed E-state index contributed by atoms with van der Waals surface area (Å²) in [5, 5.41) is 9.89. The van der Waals surface area contributed by atoms with E-state index in [-0.39, 0.29) is 12.1 Å². The van der Waals surface area contributed by atoms with Gasteiger partial charge in [-0.3, -0.25) is 0 Å². The Morgan fingerprint density at radius 2 is 2.33 bits per heavy atom. The highest BCUT2D eigenvalue weighted by molar-refractivity contribution is 5.69. The Labute approximate surface area is 90.2 Å². The van der Waals surface area contributed by atoms with Crippen molar-refractivity contribution in [1.82, 2.24) is 4.90 Å². The van der Waals surface area contributed by atoms with Crippen LogP contribution < -0.4 is 0 Å². The van der Waals surface area contributed by atoms with Crippen LogP contribution in [0.3, 0.4) is 0 Å². The molecule has 2 aliphatic rings. The van der Waals surface area contributed by atoms with Crippen molar-refractivity contribution in [3.8, 4) is 0 Å². The molecule has 86 valence electrons. The van der Waals surface area contributed by atoms with E-state index >= 15 is 0 Å². The smallest absolute Gasteiger partial charge is 0.410 e. The molecule has 1 saturated heterocycles. The number of unbranched alkanes of at least 4 members (excludes halogenated alkanes) is 1. The Morgan fingerprint density at radius 3 is 2.80 bits per heavy atom. The van der Waals surface area contributed by atoms with Crippen LogP contribution in [0.25, 0.3) is 0 Å². The van der Waals surface area contributed by atoms with Gasteiger partial charge in [-0.1, -0.05) is 13.3 Å². The Bertz CT molecular complexity index is 250. The highest BCUT2D eigenvalue weighted by atomic mass is 16.6. The summed E-state index contributed by atoms with van der Waals surface area (Å²) in [6, 6.07) is 0.0200. The van der Waals surface area contributed by atoms with Crippen LogP contribution in [-0.4, -0.2) is 40.9 Å². The fraction of sp³-hybridized carbons (Fsp3) is 0.909. The summed E-state index contributed by atoms with van der Waals surface area (Å²) in [5.41, 5.74) is -0.581. The highest BCUT2D eigenvalue weighted by Crippen LogP contribution is 2.45. The Balaban J connectivity index is 1.76. The van der Waals surface area contributed by atoms with E-state index in [1.807, 2.05) is 0 Å². The quantitative estimate of drug-likeness (QED) is 0.720. The molecule has 4 nitrogen and oxygen atoms in total. The third-order valence-corrected chi connectivity index (χ3v) is 3.36. The number of amides is 1. The van der Waals surface area contributed by atoms with Crippen molar-refractivity contribution in [2.45, 2.75) is 50.7 Å². The molecule has 0 bridgehead atoms. The zero-order valence-corrected chi connectivity index (χ0v) is 9.24. The number of carbonyl (C=O) groups is 1. The monoisotopic (exact) mass is 213 g/mol. The van der Waals surface area contributed by atoms with Gasteiger partial charge < -0.3 is 14.7 Å². The third-order valence-electron chi connectivity index (χ3n) is 3.36. The number of aliphatic hydroxyl groups is 1. The van der Waals surface area contributed by atoms with Crippen molar-refractivity contribution in [3.05, 3.63) is 0 Å². The minimum atomic E-state index is -0.581. The highest BCUT2D eigenvalue weighted by Gasteiger charge is 2.55. The van der Waals surface area contributed by atoms with Crippen molar-refractivity contribution in [2.75, 3.05) is 13.2 Å². The van der Waals surface area contributed by atoms with Crippen LogP contribution in [0.15, 0.2) is 0 Å². The molecule has 2 fully saturated rings. The molecule has 0 aromatic heterocycles. The van der Waals surface area contributed by atoms with Crippen molar-refractivity contribution >= 4 is 6.09 Å². The van der Waals surface area contributed by atoms with E-state index in [1.54, 1.807) is 4.90 Å². The van der Waals surface area contributed by atoms with Crippen LogP contribution in [0, 0.1) is 0 Å². The lowest BCUT2D eigenvalue weighted by atomic mass is 9.96. The minimum absolute atomic E-state index is 0.0200. The van der Waals surface area contributed by atoms with Gasteiger partial charge in [0.1, 0.15) is 0 Å². The van der Waals surface area contributed by atoms with Gasteiger partial charge in [0.2, 0.25) is 0 Å². The average molecular weight is 213 g/mol. The normalized spacial score (nSPS) is 27.1. The van der Waals surface area contributed by atoms with E-state index in [2.05, 4.69) is 6.92 Å². The summed E-state index contributed by atoms with van der Waals surface area (Å²) in [5.74, 6) is 0. The predicted octanol–water partition coefficient (Wildman–Crippen LogP) is 1.52. The van der Waals surface area contributed by atoms with E-state index in [9.17, 15) is 9.90 Å². The third kappa shape index (κ3) is 2.09. The van der Waals surface area contributed by atoms with Crippen molar-refractivity contribution in [1.29, 1.82) is 0 Å². The van der Waals surface area contributed by atoms with Gasteiger partial charge in [0.25, 0.3) is 0 Å². The van der Waals surface area contributed by atoms with Gasteiger partial charge in [-0.2, -0.15) is 0 Å². The van der Waals surface area contributed by atoms with Gasteiger partial charge in [-0.15, -0.1) is 0 Å². The average Bonchev–Trinajstić information content (AvgIpc) is 2.82. The molecule has 1 amide bonds. The summed E-state index contributed by atoms with van der Waals surface area (Å²) in [7, 11) is 0. The second kappa shape index (κ2) is 4.00. The number of hydrogen-bond acceptors (Lipinski definition) is 3. The maximum absolute atomic E-state index is 11.6. The summed E-state index contributed by atoms with van der Waals surface area (Å²) in [4.78, 5) is 13.2. The topological polar surface area (TPSA) is 49.8 Å². The largest absolute Gasteiger partial charge is 0.449 e. The molecule has 1 atom stereocenters. The van der Waals surface area contributed by atoms with Crippen molar-refractivity contribution in [2.24, 2.45) is 0 Å². The molecule has 0 spiro atoms. The summed E-state index contributed by atoms with van der Waals surface area (Å²) >= 11 is 0. The van der Waals surface area contributed by atoms with Crippen LogP contribution in [0.2, 0.25) is 0 Å². The fourth-order valence-corrected chi connectivity index (χ4v) is 2.01. The molecule has 1 saturated carbocycles. The molecule has 0 aromatic rings. The first-order valence-corrected chi connectivity index (χ1v) is 5.83. The molecule has 1 aliphatic carbocycles. The molecular weight excluding hydrogens is 194 g/mol. The summed E-state index contributed by atoms with van der Waals surface area (Å²) in [6.07, 6.45) is 4.27. The molecule has 1 heterocycles. The summed E-state index contributed by atoms with van der Waals surface area (Å²) in [6.45, 7) is 3.29. The molecule has 4 heteroatoms. The number of hydrogen-bond donors (Lipinski definition) is 1. The number of nitrogens with zero attached hydrogens (tertiary/aromatic N) is 1. The Kier molecular flexibility index (Phi) is 2.87. The van der Waals surface area contributed by atoms with Gasteiger partial charge in [-0.25, -0.2) is 4.79 Å². The lowest BCUT2D eigenvalue weighted by Gasteiger charge is -2.43. The van der Waals surface area contributed by atoms with Crippen molar-refractivity contribution in [3.63, 3.8) is 0 Å². The zero-order chi connectivity index (χ0) is 10.9. The molecule has 0 aromatic carbocycles. The van der Waals surface area contributed by atoms with Crippen LogP contribution in [0.5, 0.6) is 0 Å². The zero-order valence-electron chi connectivity index (χ0n) is 9.24. The molecule has 1 aliphatic heterocycles. The van der Waals surface area contributed by atoms with Crippen LogP contribution in [-0.2, 0) is 4.74 Å². The molecule has 0 radical (unpaired) electrons. The van der Waals surface area contributed by atoms with Crippen LogP contribution in [0.4, 0.5) is 4.79 Å². The van der Waals surface area contributed by atoms with E-state index in [4.69, 9.17) is 4.74 Å². The lowest BCUT2D eigenvalue weighted by molar-refractivity contribution is -0.0284. The van der Waals surface area contributed by atoms with Crippen LogP contribution >= 0.6 is 0 Å². The first kappa shape index (κ1) is 10.7. The standard InChI is InChI=1S/C11H19NO3/c1-2-3-8-15-10(13)12-7-4-9(12)11(14)5-6-11/h9,14H,2-8H2,1H3/t9-/m0/s1. The first-order valence-electron chi connectivity index (χ1n) is 5.83. The fourth-order valence-electron chi connectivity index (χ4n) is 2.01. The second-order valence-corrected chi connectivity index (χ2v) is 4.57. The SMILES string of the molecule is CCCCOC(=O)N1CC[C@H]1C1(O)CC1. The summed E-state index contributed by atoms with van der Waals surface area (Å²) < 4.78 is 5.12. The first-order chi connectivity index (χ1) is 7.17. The Hall–Kier alpha value is -0.770. The molecule has 15 heavy (non-hydrogen) atoms. The molecule has 1 N–H and O–H groups in total. The number of rotatable bonds is 4.